The SMILES string of the molecule is Cc1nc(N)sc1CCCN/C(=N\CCC(c1ccccc1)c1ccccc1)NC#N. The lowest BCUT2D eigenvalue weighted by atomic mass is 9.89. The first-order chi connectivity index (χ1) is 15.2. The first-order valence-corrected chi connectivity index (χ1v) is 11.2. The molecule has 0 atom stereocenters. The van der Waals surface area contributed by atoms with Crippen LogP contribution in [-0.4, -0.2) is 24.0 Å². The van der Waals surface area contributed by atoms with Crippen LogP contribution in [0.1, 0.15) is 40.5 Å². The predicted octanol–water partition coefficient (Wildman–Crippen LogP) is 4.20. The van der Waals surface area contributed by atoms with Gasteiger partial charge in [0.2, 0.25) is 5.96 Å². The molecule has 0 unspecified atom stereocenters. The summed E-state index contributed by atoms with van der Waals surface area (Å²) in [5.41, 5.74) is 9.30. The quantitative estimate of drug-likeness (QED) is 0.155. The molecule has 0 fully saturated rings. The third-order valence-electron chi connectivity index (χ3n) is 5.05. The van der Waals surface area contributed by atoms with Gasteiger partial charge in [-0.25, -0.2) is 4.98 Å². The number of aromatic nitrogens is 1. The van der Waals surface area contributed by atoms with Crippen LogP contribution in [0.25, 0.3) is 0 Å². The third-order valence-corrected chi connectivity index (χ3v) is 6.09. The first-order valence-electron chi connectivity index (χ1n) is 10.4. The number of thiazole rings is 1. The molecule has 160 valence electrons. The Morgan fingerprint density at radius 2 is 1.77 bits per heavy atom. The maximum absolute atomic E-state index is 9.07. The monoisotopic (exact) mass is 432 g/mol. The Hall–Kier alpha value is -3.37. The number of aryl methyl sites for hydroxylation is 2. The van der Waals surface area contributed by atoms with Crippen molar-refractivity contribution in [2.24, 2.45) is 4.99 Å². The first kappa shape index (κ1) is 22.3. The second kappa shape index (κ2) is 11.7. The standard InChI is InChI=1S/C24H28N6S/c1-18-22(31-23(26)30-18)13-8-15-27-24(29-17-25)28-16-14-21(19-9-4-2-5-10-19)20-11-6-3-7-12-20/h2-7,9-12,21H,8,13-16H2,1H3,(H2,26,30)(H2,27,28,29). The molecule has 0 spiro atoms. The van der Waals surface area contributed by atoms with E-state index in [-0.39, 0.29) is 5.92 Å². The number of aliphatic imine (C=N–C) groups is 1. The average molecular weight is 433 g/mol. The van der Waals surface area contributed by atoms with E-state index in [0.29, 0.717) is 24.2 Å². The Balaban J connectivity index is 1.57. The number of rotatable bonds is 9. The molecule has 2 aromatic carbocycles. The lowest BCUT2D eigenvalue weighted by Gasteiger charge is -2.17. The number of nitriles is 1. The lowest BCUT2D eigenvalue weighted by molar-refractivity contribution is 0.714. The number of guanidine groups is 1. The molecule has 3 aromatic rings. The number of benzene rings is 2. The molecule has 0 bridgehead atoms. The Bertz CT molecular complexity index is 968. The van der Waals surface area contributed by atoms with Crippen LogP contribution in [-0.2, 0) is 6.42 Å². The zero-order valence-electron chi connectivity index (χ0n) is 17.7. The van der Waals surface area contributed by atoms with Crippen molar-refractivity contribution < 1.29 is 0 Å². The van der Waals surface area contributed by atoms with E-state index in [9.17, 15) is 0 Å². The van der Waals surface area contributed by atoms with Gasteiger partial charge in [0.1, 0.15) is 0 Å². The number of hydrogen-bond donors (Lipinski definition) is 3. The topological polar surface area (TPSA) is 99.1 Å². The van der Waals surface area contributed by atoms with Crippen LogP contribution in [0.15, 0.2) is 65.7 Å². The molecule has 1 aromatic heterocycles. The molecule has 0 saturated carbocycles. The van der Waals surface area contributed by atoms with Gasteiger partial charge in [-0.15, -0.1) is 11.3 Å². The molecule has 1 heterocycles. The van der Waals surface area contributed by atoms with Crippen molar-refractivity contribution in [1.29, 1.82) is 5.26 Å². The molecule has 6 nitrogen and oxygen atoms in total. The lowest BCUT2D eigenvalue weighted by Crippen LogP contribution is -2.35. The van der Waals surface area contributed by atoms with E-state index in [1.165, 1.54) is 27.3 Å². The minimum Gasteiger partial charge on any atom is -0.375 e. The van der Waals surface area contributed by atoms with E-state index in [0.717, 1.165) is 25.0 Å². The van der Waals surface area contributed by atoms with Gasteiger partial charge in [-0.3, -0.25) is 10.3 Å². The summed E-state index contributed by atoms with van der Waals surface area (Å²) in [5.74, 6) is 0.775. The molecular formula is C24H28N6S. The Labute approximate surface area is 187 Å². The van der Waals surface area contributed by atoms with Crippen molar-refractivity contribution in [2.75, 3.05) is 18.8 Å². The number of hydrogen-bond acceptors (Lipinski definition) is 5. The van der Waals surface area contributed by atoms with Crippen molar-refractivity contribution in [1.82, 2.24) is 15.6 Å². The summed E-state index contributed by atoms with van der Waals surface area (Å²) in [6, 6.07) is 21.0. The van der Waals surface area contributed by atoms with Crippen molar-refractivity contribution in [3.63, 3.8) is 0 Å². The fourth-order valence-electron chi connectivity index (χ4n) is 3.53. The second-order valence-corrected chi connectivity index (χ2v) is 8.34. The Morgan fingerprint density at radius 3 is 2.32 bits per heavy atom. The van der Waals surface area contributed by atoms with Gasteiger partial charge >= 0.3 is 0 Å². The zero-order valence-corrected chi connectivity index (χ0v) is 18.5. The summed E-state index contributed by atoms with van der Waals surface area (Å²) in [4.78, 5) is 10.1. The van der Waals surface area contributed by atoms with Crippen LogP contribution < -0.4 is 16.4 Å². The second-order valence-electron chi connectivity index (χ2n) is 7.22. The molecule has 0 aliphatic carbocycles. The molecule has 0 amide bonds. The number of nitrogen functional groups attached to an aromatic ring is 1. The molecule has 3 rings (SSSR count). The van der Waals surface area contributed by atoms with Gasteiger partial charge in [0.25, 0.3) is 0 Å². The Kier molecular flexibility index (Phi) is 8.44. The van der Waals surface area contributed by atoms with E-state index in [1.807, 2.05) is 25.2 Å². The van der Waals surface area contributed by atoms with E-state index in [2.05, 4.69) is 69.1 Å². The van der Waals surface area contributed by atoms with Crippen LogP contribution >= 0.6 is 11.3 Å². The molecular weight excluding hydrogens is 404 g/mol. The molecule has 0 saturated heterocycles. The largest absolute Gasteiger partial charge is 0.375 e. The number of nitrogens with one attached hydrogen (secondary N) is 2. The van der Waals surface area contributed by atoms with E-state index >= 15 is 0 Å². The summed E-state index contributed by atoms with van der Waals surface area (Å²) in [6.07, 6.45) is 4.63. The fourth-order valence-corrected chi connectivity index (χ4v) is 4.41. The number of nitrogens with zero attached hydrogens (tertiary/aromatic N) is 3. The summed E-state index contributed by atoms with van der Waals surface area (Å²) in [6.45, 7) is 3.30. The fraction of sp³-hybridized carbons (Fsp3) is 0.292. The van der Waals surface area contributed by atoms with E-state index in [4.69, 9.17) is 11.0 Å². The number of anilines is 1. The highest BCUT2D eigenvalue weighted by atomic mass is 32.1. The summed E-state index contributed by atoms with van der Waals surface area (Å²) >= 11 is 1.54. The highest BCUT2D eigenvalue weighted by molar-refractivity contribution is 7.15. The normalized spacial score (nSPS) is 11.3. The van der Waals surface area contributed by atoms with E-state index < -0.39 is 0 Å². The Morgan fingerprint density at radius 1 is 1.13 bits per heavy atom. The van der Waals surface area contributed by atoms with Crippen LogP contribution in [0.5, 0.6) is 0 Å². The molecule has 7 heteroatoms. The molecule has 31 heavy (non-hydrogen) atoms. The maximum atomic E-state index is 9.07. The van der Waals surface area contributed by atoms with Crippen LogP contribution in [0, 0.1) is 18.4 Å². The minimum atomic E-state index is 0.259. The van der Waals surface area contributed by atoms with Gasteiger partial charge in [0, 0.05) is 23.9 Å². The average Bonchev–Trinajstić information content (AvgIpc) is 3.12. The van der Waals surface area contributed by atoms with Gasteiger partial charge in [-0.1, -0.05) is 60.7 Å². The minimum absolute atomic E-state index is 0.259. The van der Waals surface area contributed by atoms with Gasteiger partial charge < -0.3 is 11.1 Å². The van der Waals surface area contributed by atoms with E-state index in [1.54, 1.807) is 0 Å². The summed E-state index contributed by atoms with van der Waals surface area (Å²) in [7, 11) is 0. The molecule has 0 radical (unpaired) electrons. The van der Waals surface area contributed by atoms with Crippen LogP contribution in [0.4, 0.5) is 5.13 Å². The van der Waals surface area contributed by atoms with Crippen LogP contribution in [0.3, 0.4) is 0 Å². The predicted molar refractivity (Wildman–Crippen MR) is 128 cm³/mol. The number of nitrogens with two attached hydrogens (primary N) is 1. The molecule has 4 N–H and O–H groups in total. The smallest absolute Gasteiger partial charge is 0.204 e. The van der Waals surface area contributed by atoms with Crippen molar-refractivity contribution in [3.8, 4) is 6.19 Å². The molecule has 0 aliphatic heterocycles. The zero-order chi connectivity index (χ0) is 21.9. The highest BCUT2D eigenvalue weighted by Gasteiger charge is 2.13. The van der Waals surface area contributed by atoms with Crippen molar-refractivity contribution >= 4 is 22.4 Å². The van der Waals surface area contributed by atoms with Gasteiger partial charge in [0.15, 0.2) is 11.3 Å². The van der Waals surface area contributed by atoms with Gasteiger partial charge in [0.05, 0.1) is 5.69 Å². The van der Waals surface area contributed by atoms with Crippen molar-refractivity contribution in [3.05, 3.63) is 82.4 Å². The van der Waals surface area contributed by atoms with Crippen molar-refractivity contribution in [2.45, 2.75) is 32.1 Å². The summed E-state index contributed by atoms with van der Waals surface area (Å²) < 4.78 is 0. The van der Waals surface area contributed by atoms with Crippen LogP contribution in [0.2, 0.25) is 0 Å². The van der Waals surface area contributed by atoms with Gasteiger partial charge in [-0.05, 0) is 37.3 Å². The third kappa shape index (κ3) is 6.83. The van der Waals surface area contributed by atoms with Gasteiger partial charge in [-0.2, -0.15) is 5.26 Å². The summed E-state index contributed by atoms with van der Waals surface area (Å²) in [5, 5.41) is 15.6. The molecule has 0 aliphatic rings. The highest BCUT2D eigenvalue weighted by Crippen LogP contribution is 2.27. The maximum Gasteiger partial charge on any atom is 0.204 e.